The molecule has 1 aromatic carbocycles. The van der Waals surface area contributed by atoms with Crippen molar-refractivity contribution >= 4 is 5.91 Å². The first-order chi connectivity index (χ1) is 9.02. The van der Waals surface area contributed by atoms with Gasteiger partial charge in [-0.1, -0.05) is 19.1 Å². The van der Waals surface area contributed by atoms with Crippen LogP contribution >= 0.6 is 0 Å². The van der Waals surface area contributed by atoms with Gasteiger partial charge in [0.05, 0.1) is 0 Å². The summed E-state index contributed by atoms with van der Waals surface area (Å²) < 4.78 is 12.8. The molecule has 0 aliphatic carbocycles. The molecule has 1 aliphatic heterocycles. The van der Waals surface area contributed by atoms with Crippen LogP contribution in [0.25, 0.3) is 0 Å². The van der Waals surface area contributed by atoms with Crippen LogP contribution in [0.1, 0.15) is 25.3 Å². The smallest absolute Gasteiger partial charge is 0.222 e. The van der Waals surface area contributed by atoms with Crippen LogP contribution < -0.4 is 5.73 Å². The van der Waals surface area contributed by atoms with E-state index in [-0.39, 0.29) is 17.1 Å². The summed E-state index contributed by atoms with van der Waals surface area (Å²) in [7, 11) is 0. The van der Waals surface area contributed by atoms with E-state index in [1.807, 2.05) is 4.90 Å². The van der Waals surface area contributed by atoms with Crippen molar-refractivity contribution in [2.45, 2.75) is 26.2 Å². The normalized spacial score (nSPS) is 22.8. The van der Waals surface area contributed by atoms with Crippen LogP contribution in [-0.2, 0) is 11.2 Å². The van der Waals surface area contributed by atoms with E-state index in [2.05, 4.69) is 6.92 Å². The van der Waals surface area contributed by atoms with Gasteiger partial charge in [-0.05, 0) is 42.5 Å². The minimum atomic E-state index is -0.242. The Morgan fingerprint density at radius 3 is 2.68 bits per heavy atom. The number of carbonyl (C=O) groups excluding carboxylic acids is 1. The molecule has 1 fully saturated rings. The molecule has 104 valence electrons. The molecular formula is C15H21FN2O. The van der Waals surface area contributed by atoms with Crippen molar-refractivity contribution in [3.63, 3.8) is 0 Å². The van der Waals surface area contributed by atoms with Gasteiger partial charge in [-0.2, -0.15) is 0 Å². The molecule has 0 bridgehead atoms. The Bertz CT molecular complexity index is 446. The second-order valence-corrected chi connectivity index (χ2v) is 5.71. The summed E-state index contributed by atoms with van der Waals surface area (Å²) in [5, 5.41) is 0. The highest BCUT2D eigenvalue weighted by Crippen LogP contribution is 2.28. The first kappa shape index (κ1) is 14.0. The molecule has 1 atom stereocenters. The fraction of sp³-hybridized carbons (Fsp3) is 0.533. The first-order valence-electron chi connectivity index (χ1n) is 6.75. The van der Waals surface area contributed by atoms with Gasteiger partial charge in [0.25, 0.3) is 0 Å². The molecule has 1 unspecified atom stereocenters. The monoisotopic (exact) mass is 264 g/mol. The van der Waals surface area contributed by atoms with Crippen molar-refractivity contribution in [3.8, 4) is 0 Å². The van der Waals surface area contributed by atoms with Crippen molar-refractivity contribution in [1.29, 1.82) is 0 Å². The molecule has 0 radical (unpaired) electrons. The van der Waals surface area contributed by atoms with E-state index in [0.29, 0.717) is 19.4 Å². The Labute approximate surface area is 113 Å². The highest BCUT2D eigenvalue weighted by Gasteiger charge is 2.34. The summed E-state index contributed by atoms with van der Waals surface area (Å²) in [4.78, 5) is 14.0. The van der Waals surface area contributed by atoms with Crippen LogP contribution in [0, 0.1) is 11.2 Å². The number of nitrogens with zero attached hydrogens (tertiary/aromatic N) is 1. The van der Waals surface area contributed by atoms with Crippen LogP contribution in [0.3, 0.4) is 0 Å². The zero-order valence-corrected chi connectivity index (χ0v) is 11.4. The summed E-state index contributed by atoms with van der Waals surface area (Å²) in [6.07, 6.45) is 2.12. The van der Waals surface area contributed by atoms with E-state index >= 15 is 0 Å². The molecular weight excluding hydrogens is 243 g/mol. The lowest BCUT2D eigenvalue weighted by Gasteiger charge is -2.22. The summed E-state index contributed by atoms with van der Waals surface area (Å²) in [5.74, 6) is -0.0742. The van der Waals surface area contributed by atoms with Gasteiger partial charge in [0.1, 0.15) is 5.82 Å². The molecule has 0 saturated carbocycles. The van der Waals surface area contributed by atoms with Gasteiger partial charge in [0.15, 0.2) is 0 Å². The average molecular weight is 264 g/mol. The molecule has 2 N–H and O–H groups in total. The number of benzene rings is 1. The number of aryl methyl sites for hydroxylation is 1. The van der Waals surface area contributed by atoms with Crippen molar-refractivity contribution in [3.05, 3.63) is 35.6 Å². The van der Waals surface area contributed by atoms with Crippen LogP contribution in [0.5, 0.6) is 0 Å². The lowest BCUT2D eigenvalue weighted by Crippen LogP contribution is -2.34. The average Bonchev–Trinajstić information content (AvgIpc) is 2.81. The third-order valence-electron chi connectivity index (χ3n) is 3.94. The Hall–Kier alpha value is -1.42. The van der Waals surface area contributed by atoms with E-state index in [1.54, 1.807) is 12.1 Å². The molecule has 19 heavy (non-hydrogen) atoms. The van der Waals surface area contributed by atoms with Gasteiger partial charge in [-0.25, -0.2) is 4.39 Å². The van der Waals surface area contributed by atoms with Gasteiger partial charge in [-0.15, -0.1) is 0 Å². The van der Waals surface area contributed by atoms with E-state index in [9.17, 15) is 9.18 Å². The number of rotatable bonds is 4. The minimum absolute atomic E-state index is 0.0749. The van der Waals surface area contributed by atoms with Gasteiger partial charge >= 0.3 is 0 Å². The number of amides is 1. The lowest BCUT2D eigenvalue weighted by atomic mass is 9.90. The van der Waals surface area contributed by atoms with Gasteiger partial charge in [0.2, 0.25) is 5.91 Å². The predicted octanol–water partition coefficient (Wildman–Crippen LogP) is 1.96. The highest BCUT2D eigenvalue weighted by atomic mass is 19.1. The molecule has 0 aromatic heterocycles. The molecule has 0 spiro atoms. The van der Waals surface area contributed by atoms with Crippen molar-refractivity contribution < 1.29 is 9.18 Å². The maximum atomic E-state index is 12.8. The molecule has 3 nitrogen and oxygen atoms in total. The highest BCUT2D eigenvalue weighted by molar-refractivity contribution is 5.76. The standard InChI is InChI=1S/C15H21FN2O/c1-15(10-17)8-9-18(11-15)14(19)7-4-12-2-5-13(16)6-3-12/h2-3,5-6H,4,7-11,17H2,1H3. The topological polar surface area (TPSA) is 46.3 Å². The fourth-order valence-corrected chi connectivity index (χ4v) is 2.46. The van der Waals surface area contributed by atoms with Crippen LogP contribution in [0.2, 0.25) is 0 Å². The molecule has 2 rings (SSSR count). The van der Waals surface area contributed by atoms with E-state index in [1.165, 1.54) is 12.1 Å². The van der Waals surface area contributed by atoms with Crippen molar-refractivity contribution in [1.82, 2.24) is 4.90 Å². The zero-order chi connectivity index (χ0) is 13.9. The molecule has 1 saturated heterocycles. The largest absolute Gasteiger partial charge is 0.342 e. The summed E-state index contributed by atoms with van der Waals surface area (Å²) in [5.41, 5.74) is 6.81. The molecule has 1 heterocycles. The Morgan fingerprint density at radius 1 is 1.42 bits per heavy atom. The summed E-state index contributed by atoms with van der Waals surface area (Å²) in [6.45, 7) is 4.30. The summed E-state index contributed by atoms with van der Waals surface area (Å²) in [6, 6.07) is 6.33. The third kappa shape index (κ3) is 3.53. The zero-order valence-electron chi connectivity index (χ0n) is 11.4. The number of nitrogens with two attached hydrogens (primary N) is 1. The Kier molecular flexibility index (Phi) is 4.20. The molecule has 1 aliphatic rings. The second-order valence-electron chi connectivity index (χ2n) is 5.71. The molecule has 1 amide bonds. The molecule has 1 aromatic rings. The van der Waals surface area contributed by atoms with E-state index in [0.717, 1.165) is 25.1 Å². The number of carbonyl (C=O) groups is 1. The number of halogens is 1. The van der Waals surface area contributed by atoms with E-state index < -0.39 is 0 Å². The minimum Gasteiger partial charge on any atom is -0.342 e. The maximum Gasteiger partial charge on any atom is 0.222 e. The SMILES string of the molecule is CC1(CN)CCN(C(=O)CCc2ccc(F)cc2)C1. The van der Waals surface area contributed by atoms with Crippen LogP contribution in [0.4, 0.5) is 4.39 Å². The van der Waals surface area contributed by atoms with Crippen molar-refractivity contribution in [2.24, 2.45) is 11.1 Å². The van der Waals surface area contributed by atoms with Crippen LogP contribution in [-0.4, -0.2) is 30.4 Å². The number of hydrogen-bond donors (Lipinski definition) is 1. The third-order valence-corrected chi connectivity index (χ3v) is 3.94. The van der Waals surface area contributed by atoms with Gasteiger partial charge in [0, 0.05) is 19.5 Å². The molecule has 4 heteroatoms. The quantitative estimate of drug-likeness (QED) is 0.903. The number of likely N-dealkylation sites (tertiary alicyclic amines) is 1. The Balaban J connectivity index is 1.84. The summed E-state index contributed by atoms with van der Waals surface area (Å²) >= 11 is 0. The van der Waals surface area contributed by atoms with Gasteiger partial charge < -0.3 is 10.6 Å². The van der Waals surface area contributed by atoms with Gasteiger partial charge in [-0.3, -0.25) is 4.79 Å². The van der Waals surface area contributed by atoms with Crippen LogP contribution in [0.15, 0.2) is 24.3 Å². The first-order valence-corrected chi connectivity index (χ1v) is 6.75. The number of hydrogen-bond acceptors (Lipinski definition) is 2. The Morgan fingerprint density at radius 2 is 2.11 bits per heavy atom. The lowest BCUT2D eigenvalue weighted by molar-refractivity contribution is -0.130. The second kappa shape index (κ2) is 5.70. The van der Waals surface area contributed by atoms with E-state index in [4.69, 9.17) is 5.73 Å². The maximum absolute atomic E-state index is 12.8. The fourth-order valence-electron chi connectivity index (χ4n) is 2.46. The van der Waals surface area contributed by atoms with Crippen molar-refractivity contribution in [2.75, 3.05) is 19.6 Å². The predicted molar refractivity (Wildman–Crippen MR) is 73.1 cm³/mol.